The van der Waals surface area contributed by atoms with Gasteiger partial charge in [0.05, 0.1) is 10.9 Å². The van der Waals surface area contributed by atoms with Crippen LogP contribution in [0.1, 0.15) is 32.1 Å². The summed E-state index contributed by atoms with van der Waals surface area (Å²) in [5.74, 6) is 0.411. The maximum atomic E-state index is 11.4. The summed E-state index contributed by atoms with van der Waals surface area (Å²) in [5, 5.41) is 0. The molecule has 0 amide bonds. The normalized spacial score (nSPS) is 25.8. The van der Waals surface area contributed by atoms with E-state index in [1.165, 1.54) is 21.1 Å². The molecule has 0 N–H and O–H groups in total. The van der Waals surface area contributed by atoms with Crippen LogP contribution >= 0.6 is 0 Å². The highest BCUT2D eigenvalue weighted by atomic mass is 32.2. The molecule has 37 heavy (non-hydrogen) atoms. The minimum absolute atomic E-state index is 0.0146. The van der Waals surface area contributed by atoms with Gasteiger partial charge in [-0.25, -0.2) is 8.42 Å². The Hall–Kier alpha value is -2.61. The number of benzene rings is 3. The zero-order chi connectivity index (χ0) is 25.8. The molecule has 0 aromatic heterocycles. The summed E-state index contributed by atoms with van der Waals surface area (Å²) >= 11 is 0. The van der Waals surface area contributed by atoms with Crippen molar-refractivity contribution >= 4 is 27.0 Å². The lowest BCUT2D eigenvalue weighted by atomic mass is 9.55. The number of ether oxygens (including phenoxy) is 1. The average molecular weight is 537 g/mol. The van der Waals surface area contributed by atoms with Crippen LogP contribution in [-0.4, -0.2) is 30.8 Å². The van der Waals surface area contributed by atoms with Crippen LogP contribution in [0.3, 0.4) is 0 Å². The maximum absolute atomic E-state index is 11.4. The number of carbonyl (C=O) groups is 1. The highest BCUT2D eigenvalue weighted by Gasteiger charge is 2.49. The Labute approximate surface area is 222 Å². The van der Waals surface area contributed by atoms with Crippen molar-refractivity contribution in [2.75, 3.05) is 5.75 Å². The highest BCUT2D eigenvalue weighted by Crippen LogP contribution is 2.54. The molecule has 0 radical (unpaired) electrons. The van der Waals surface area contributed by atoms with Crippen molar-refractivity contribution in [3.63, 3.8) is 0 Å². The van der Waals surface area contributed by atoms with E-state index < -0.39 is 21.8 Å². The maximum Gasteiger partial charge on any atom is 0.320 e. The van der Waals surface area contributed by atoms with Gasteiger partial charge in [0.1, 0.15) is 22.0 Å². The van der Waals surface area contributed by atoms with Gasteiger partial charge in [-0.3, -0.25) is 4.79 Å². The average Bonchev–Trinajstić information content (AvgIpc) is 2.87. The second-order valence-corrected chi connectivity index (χ2v) is 13.8. The number of carbonyl (C=O) groups excluding carboxylic acids is 1. The summed E-state index contributed by atoms with van der Waals surface area (Å²) in [7, 11) is -4.54. The van der Waals surface area contributed by atoms with Crippen molar-refractivity contribution in [3.05, 3.63) is 91.0 Å². The smallest absolute Gasteiger partial charge is 0.320 e. The zero-order valence-corrected chi connectivity index (χ0v) is 22.3. The molecule has 5 nitrogen and oxygen atoms in total. The monoisotopic (exact) mass is 536 g/mol. The fourth-order valence-electron chi connectivity index (χ4n) is 6.48. The number of hydrogen-bond acceptors (Lipinski definition) is 5. The minimum atomic E-state index is -4.52. The first kappa shape index (κ1) is 26.0. The van der Waals surface area contributed by atoms with Crippen molar-refractivity contribution in [1.82, 2.24) is 0 Å². The predicted molar refractivity (Wildman–Crippen MR) is 143 cm³/mol. The largest absolute Gasteiger partial charge is 0.748 e. The third-order valence-electron chi connectivity index (χ3n) is 7.64. The quantitative estimate of drug-likeness (QED) is 0.230. The zero-order valence-electron chi connectivity index (χ0n) is 20.6. The van der Waals surface area contributed by atoms with Gasteiger partial charge in [0, 0.05) is 0 Å². The Balaban J connectivity index is 0.000000152. The molecule has 3 aromatic rings. The number of esters is 1. The van der Waals surface area contributed by atoms with Crippen LogP contribution < -0.4 is 0 Å². The molecule has 3 aromatic carbocycles. The van der Waals surface area contributed by atoms with Crippen LogP contribution in [0.15, 0.2) is 106 Å². The van der Waals surface area contributed by atoms with E-state index in [9.17, 15) is 17.8 Å². The Morgan fingerprint density at radius 3 is 1.43 bits per heavy atom. The van der Waals surface area contributed by atoms with Crippen LogP contribution in [0.25, 0.3) is 0 Å². The van der Waals surface area contributed by atoms with Crippen LogP contribution in [-0.2, 0) is 30.5 Å². The van der Waals surface area contributed by atoms with Gasteiger partial charge in [0.25, 0.3) is 0 Å². The van der Waals surface area contributed by atoms with Gasteiger partial charge >= 0.3 is 5.97 Å². The summed E-state index contributed by atoms with van der Waals surface area (Å²) in [4.78, 5) is 15.5. The first-order chi connectivity index (χ1) is 17.9. The van der Waals surface area contributed by atoms with E-state index in [-0.39, 0.29) is 17.0 Å². The Bertz CT molecular complexity index is 1160. The molecule has 4 saturated carbocycles. The van der Waals surface area contributed by atoms with Gasteiger partial charge in [-0.2, -0.15) is 0 Å². The number of hydrogen-bond donors (Lipinski definition) is 0. The molecule has 194 valence electrons. The molecule has 0 aliphatic heterocycles. The van der Waals surface area contributed by atoms with Gasteiger partial charge in [-0.1, -0.05) is 54.6 Å². The van der Waals surface area contributed by atoms with Crippen molar-refractivity contribution in [3.8, 4) is 0 Å². The van der Waals surface area contributed by atoms with Crippen molar-refractivity contribution in [1.29, 1.82) is 0 Å². The SMILES string of the molecule is O=C(CS(=O)(=O)[O-])OC1C2CC3CC(C2)CC1C3.c1ccc([S+](c2ccccc2)c2ccccc2)cc1. The Kier molecular flexibility index (Phi) is 8.03. The summed E-state index contributed by atoms with van der Waals surface area (Å²) in [6.07, 6.45) is 5.53. The van der Waals surface area contributed by atoms with E-state index in [2.05, 4.69) is 91.0 Å². The van der Waals surface area contributed by atoms with Crippen molar-refractivity contribution in [2.45, 2.75) is 52.9 Å². The second kappa shape index (κ2) is 11.4. The standard InChI is InChI=1S/C18H15S.C12H18O5S/c1-4-10-16(11-5-1)19(17-12-6-2-7-13-17)18-14-8-3-9-15-18;13-11(6-18(14,15)16)17-12-9-2-7-1-8(4-9)5-10(12)3-7/h1-15H;7-10,12H,1-6H2,(H,14,15,16)/q+1;/p-1. The van der Waals surface area contributed by atoms with Gasteiger partial charge in [0.15, 0.2) is 14.7 Å². The molecule has 0 atom stereocenters. The third-order valence-corrected chi connectivity index (χ3v) is 10.5. The second-order valence-electron chi connectivity index (χ2n) is 10.3. The molecular formula is C30H32O5S2. The molecule has 0 unspecified atom stereocenters. The first-order valence-electron chi connectivity index (χ1n) is 12.9. The molecule has 7 rings (SSSR count). The highest BCUT2D eigenvalue weighted by molar-refractivity contribution is 7.97. The molecule has 7 heteroatoms. The topological polar surface area (TPSA) is 83.5 Å². The summed E-state index contributed by atoms with van der Waals surface area (Å²) < 4.78 is 36.9. The van der Waals surface area contributed by atoms with Crippen LogP contribution in [0.5, 0.6) is 0 Å². The lowest BCUT2D eigenvalue weighted by molar-refractivity contribution is -0.167. The van der Waals surface area contributed by atoms with E-state index in [0.717, 1.165) is 37.5 Å². The summed E-state index contributed by atoms with van der Waals surface area (Å²) in [6.45, 7) is 0. The molecule has 4 aliphatic rings. The lowest BCUT2D eigenvalue weighted by Gasteiger charge is -2.53. The van der Waals surface area contributed by atoms with Crippen molar-refractivity contribution < 1.29 is 22.5 Å². The predicted octanol–water partition coefficient (Wildman–Crippen LogP) is 5.68. The van der Waals surface area contributed by atoms with E-state index in [1.807, 2.05) is 0 Å². The molecule has 4 bridgehead atoms. The third kappa shape index (κ3) is 6.64. The summed E-state index contributed by atoms with van der Waals surface area (Å²) in [6, 6.07) is 32.2. The Morgan fingerprint density at radius 2 is 1.08 bits per heavy atom. The van der Waals surface area contributed by atoms with Crippen LogP contribution in [0, 0.1) is 23.7 Å². The first-order valence-corrected chi connectivity index (χ1v) is 15.7. The molecule has 0 saturated heterocycles. The fourth-order valence-corrected chi connectivity index (χ4v) is 8.94. The van der Waals surface area contributed by atoms with Gasteiger partial charge in [0.2, 0.25) is 0 Å². The van der Waals surface area contributed by atoms with Gasteiger partial charge in [-0.15, -0.1) is 0 Å². The van der Waals surface area contributed by atoms with E-state index >= 15 is 0 Å². The van der Waals surface area contributed by atoms with Gasteiger partial charge < -0.3 is 9.29 Å². The molecule has 4 aliphatic carbocycles. The summed E-state index contributed by atoms with van der Waals surface area (Å²) in [5.41, 5.74) is 0. The van der Waals surface area contributed by atoms with Crippen LogP contribution in [0.4, 0.5) is 0 Å². The molecular weight excluding hydrogens is 504 g/mol. The van der Waals surface area contributed by atoms with Crippen molar-refractivity contribution in [2.24, 2.45) is 23.7 Å². The molecule has 0 spiro atoms. The number of rotatable bonds is 6. The van der Waals surface area contributed by atoms with Crippen LogP contribution in [0.2, 0.25) is 0 Å². The fraction of sp³-hybridized carbons (Fsp3) is 0.367. The van der Waals surface area contributed by atoms with E-state index in [4.69, 9.17) is 4.74 Å². The molecule has 0 heterocycles. The lowest BCUT2D eigenvalue weighted by Crippen LogP contribution is -2.50. The van der Waals surface area contributed by atoms with E-state index in [0.29, 0.717) is 11.8 Å². The Morgan fingerprint density at radius 1 is 0.703 bits per heavy atom. The van der Waals surface area contributed by atoms with E-state index in [1.54, 1.807) is 0 Å². The molecule has 4 fully saturated rings. The minimum Gasteiger partial charge on any atom is -0.748 e. The van der Waals surface area contributed by atoms with Gasteiger partial charge in [-0.05, 0) is 92.2 Å².